The number of aryl methyl sites for hydroxylation is 1. The number of fused-ring (bicyclic) bond motifs is 1. The van der Waals surface area contributed by atoms with E-state index in [1.165, 1.54) is 23.9 Å². The standard InChI is InChI=1S/C22H18FN3OS/c1-15-10-11-26-19(12-15)24-21(16-6-5-7-17(23)13-16)22(26)25-20(27)14-28-18-8-3-2-4-9-18/h2-13H,14H2,1H3,(H,25,27). The van der Waals surface area contributed by atoms with E-state index in [0.717, 1.165) is 10.5 Å². The zero-order valence-corrected chi connectivity index (χ0v) is 16.0. The lowest BCUT2D eigenvalue weighted by molar-refractivity contribution is -0.113. The third kappa shape index (κ3) is 3.92. The summed E-state index contributed by atoms with van der Waals surface area (Å²) in [7, 11) is 0. The van der Waals surface area contributed by atoms with Gasteiger partial charge in [-0.1, -0.05) is 30.3 Å². The third-order valence-corrected chi connectivity index (χ3v) is 5.26. The van der Waals surface area contributed by atoms with Crippen molar-refractivity contribution in [2.75, 3.05) is 11.1 Å². The van der Waals surface area contributed by atoms with E-state index < -0.39 is 0 Å². The first-order valence-corrected chi connectivity index (χ1v) is 9.81. The highest BCUT2D eigenvalue weighted by Crippen LogP contribution is 2.30. The molecule has 0 radical (unpaired) electrons. The van der Waals surface area contributed by atoms with Gasteiger partial charge in [0.25, 0.3) is 0 Å². The van der Waals surface area contributed by atoms with E-state index in [1.54, 1.807) is 12.1 Å². The maximum absolute atomic E-state index is 13.7. The SMILES string of the molecule is Cc1ccn2c(NC(=O)CSc3ccccc3)c(-c3cccc(F)c3)nc2c1. The van der Waals surface area contributed by atoms with Crippen LogP contribution in [0.15, 0.2) is 77.8 Å². The summed E-state index contributed by atoms with van der Waals surface area (Å²) in [5.74, 6) is 0.321. The lowest BCUT2D eigenvalue weighted by Crippen LogP contribution is -2.16. The van der Waals surface area contributed by atoms with Crippen LogP contribution in [0.2, 0.25) is 0 Å². The number of imidazole rings is 1. The summed E-state index contributed by atoms with van der Waals surface area (Å²) in [6.45, 7) is 1.98. The summed E-state index contributed by atoms with van der Waals surface area (Å²) in [6, 6.07) is 19.8. The van der Waals surface area contributed by atoms with E-state index in [1.807, 2.05) is 60.0 Å². The van der Waals surface area contributed by atoms with Crippen LogP contribution in [0, 0.1) is 12.7 Å². The summed E-state index contributed by atoms with van der Waals surface area (Å²) in [4.78, 5) is 18.3. The number of thioether (sulfide) groups is 1. The van der Waals surface area contributed by atoms with Crippen molar-refractivity contribution in [1.29, 1.82) is 0 Å². The Bertz CT molecular complexity index is 1140. The van der Waals surface area contributed by atoms with E-state index in [9.17, 15) is 9.18 Å². The molecule has 0 aliphatic carbocycles. The number of amides is 1. The van der Waals surface area contributed by atoms with Crippen LogP contribution >= 0.6 is 11.8 Å². The second-order valence-corrected chi connectivity index (χ2v) is 7.45. The fourth-order valence-electron chi connectivity index (χ4n) is 2.94. The number of rotatable bonds is 5. The van der Waals surface area contributed by atoms with Crippen LogP contribution in [0.4, 0.5) is 10.2 Å². The second-order valence-electron chi connectivity index (χ2n) is 6.40. The van der Waals surface area contributed by atoms with Crippen molar-refractivity contribution >= 4 is 29.1 Å². The molecule has 4 aromatic rings. The zero-order valence-electron chi connectivity index (χ0n) is 15.2. The topological polar surface area (TPSA) is 46.4 Å². The van der Waals surface area contributed by atoms with Gasteiger partial charge in [0, 0.05) is 16.7 Å². The summed E-state index contributed by atoms with van der Waals surface area (Å²) in [5, 5.41) is 2.96. The number of benzene rings is 2. The molecule has 1 N–H and O–H groups in total. The molecule has 0 saturated carbocycles. The first-order chi connectivity index (χ1) is 13.6. The van der Waals surface area contributed by atoms with Crippen LogP contribution in [-0.4, -0.2) is 21.0 Å². The number of halogens is 1. The maximum atomic E-state index is 13.7. The van der Waals surface area contributed by atoms with Gasteiger partial charge < -0.3 is 5.32 Å². The van der Waals surface area contributed by atoms with Crippen LogP contribution < -0.4 is 5.32 Å². The number of nitrogens with one attached hydrogen (secondary N) is 1. The van der Waals surface area contributed by atoms with Crippen molar-refractivity contribution in [1.82, 2.24) is 9.38 Å². The number of nitrogens with zero attached hydrogens (tertiary/aromatic N) is 2. The van der Waals surface area contributed by atoms with Crippen molar-refractivity contribution in [3.8, 4) is 11.3 Å². The summed E-state index contributed by atoms with van der Waals surface area (Å²) in [6.07, 6.45) is 1.86. The Kier molecular flexibility index (Phi) is 5.12. The van der Waals surface area contributed by atoms with Crippen molar-refractivity contribution in [3.63, 3.8) is 0 Å². The summed E-state index contributed by atoms with van der Waals surface area (Å²) >= 11 is 1.46. The zero-order chi connectivity index (χ0) is 19.5. The molecule has 4 nitrogen and oxygen atoms in total. The van der Waals surface area contributed by atoms with Crippen LogP contribution in [0.5, 0.6) is 0 Å². The molecule has 4 rings (SSSR count). The predicted molar refractivity (Wildman–Crippen MR) is 111 cm³/mol. The van der Waals surface area contributed by atoms with Gasteiger partial charge in [-0.15, -0.1) is 11.8 Å². The van der Waals surface area contributed by atoms with E-state index >= 15 is 0 Å². The van der Waals surface area contributed by atoms with Crippen molar-refractivity contribution < 1.29 is 9.18 Å². The second kappa shape index (κ2) is 7.86. The number of carbonyl (C=O) groups excluding carboxylic acids is 1. The molecular weight excluding hydrogens is 373 g/mol. The van der Waals surface area contributed by atoms with E-state index in [2.05, 4.69) is 10.3 Å². The number of pyridine rings is 1. The molecule has 2 aromatic carbocycles. The van der Waals surface area contributed by atoms with Crippen molar-refractivity contribution in [2.24, 2.45) is 0 Å². The molecule has 28 heavy (non-hydrogen) atoms. The molecule has 2 aromatic heterocycles. The normalized spacial score (nSPS) is 10.9. The highest BCUT2D eigenvalue weighted by Gasteiger charge is 2.17. The number of hydrogen-bond acceptors (Lipinski definition) is 3. The maximum Gasteiger partial charge on any atom is 0.235 e. The third-order valence-electron chi connectivity index (χ3n) is 4.25. The Morgan fingerprint density at radius 3 is 2.71 bits per heavy atom. The minimum Gasteiger partial charge on any atom is -0.309 e. The van der Waals surface area contributed by atoms with Crippen LogP contribution in [0.3, 0.4) is 0 Å². The van der Waals surface area contributed by atoms with Crippen molar-refractivity contribution in [3.05, 3.63) is 84.3 Å². The van der Waals surface area contributed by atoms with E-state index in [0.29, 0.717) is 22.7 Å². The Morgan fingerprint density at radius 2 is 1.93 bits per heavy atom. The molecule has 0 fully saturated rings. The minimum absolute atomic E-state index is 0.145. The van der Waals surface area contributed by atoms with Gasteiger partial charge in [0.2, 0.25) is 5.91 Å². The van der Waals surface area contributed by atoms with Gasteiger partial charge in [-0.3, -0.25) is 9.20 Å². The molecule has 0 aliphatic rings. The largest absolute Gasteiger partial charge is 0.309 e. The lowest BCUT2D eigenvalue weighted by atomic mass is 10.1. The Hall–Kier alpha value is -3.12. The van der Waals surface area contributed by atoms with Gasteiger partial charge >= 0.3 is 0 Å². The number of anilines is 1. The molecule has 0 saturated heterocycles. The predicted octanol–water partition coefficient (Wildman–Crippen LogP) is 5.18. The van der Waals surface area contributed by atoms with Gasteiger partial charge in [0.15, 0.2) is 0 Å². The lowest BCUT2D eigenvalue weighted by Gasteiger charge is -2.08. The summed E-state index contributed by atoms with van der Waals surface area (Å²) < 4.78 is 15.6. The number of hydrogen-bond donors (Lipinski definition) is 1. The highest BCUT2D eigenvalue weighted by molar-refractivity contribution is 8.00. The molecular formula is C22H18FN3OS. The molecule has 0 aliphatic heterocycles. The first-order valence-electron chi connectivity index (χ1n) is 8.82. The average molecular weight is 391 g/mol. The summed E-state index contributed by atoms with van der Waals surface area (Å²) in [5.41, 5.74) is 2.92. The van der Waals surface area contributed by atoms with Crippen LogP contribution in [0.25, 0.3) is 16.9 Å². The molecule has 0 unspecified atom stereocenters. The molecule has 0 spiro atoms. The van der Waals surface area contributed by atoms with Gasteiger partial charge in [-0.2, -0.15) is 0 Å². The Morgan fingerprint density at radius 1 is 1.11 bits per heavy atom. The van der Waals surface area contributed by atoms with Crippen LogP contribution in [-0.2, 0) is 4.79 Å². The van der Waals surface area contributed by atoms with E-state index in [-0.39, 0.29) is 17.5 Å². The first kappa shape index (κ1) is 18.3. The average Bonchev–Trinajstić information content (AvgIpc) is 3.04. The minimum atomic E-state index is -0.345. The quantitative estimate of drug-likeness (QED) is 0.477. The molecule has 140 valence electrons. The fraction of sp³-hybridized carbons (Fsp3) is 0.0909. The number of aromatic nitrogens is 2. The number of carbonyl (C=O) groups is 1. The molecule has 2 heterocycles. The van der Waals surface area contributed by atoms with Gasteiger partial charge in [-0.25, -0.2) is 9.37 Å². The van der Waals surface area contributed by atoms with Crippen molar-refractivity contribution in [2.45, 2.75) is 11.8 Å². The smallest absolute Gasteiger partial charge is 0.235 e. The van der Waals surface area contributed by atoms with Crippen LogP contribution in [0.1, 0.15) is 5.56 Å². The molecule has 0 atom stereocenters. The fourth-order valence-corrected chi connectivity index (χ4v) is 3.66. The molecule has 1 amide bonds. The van der Waals surface area contributed by atoms with E-state index in [4.69, 9.17) is 0 Å². The van der Waals surface area contributed by atoms with Gasteiger partial charge in [-0.05, 0) is 48.9 Å². The van der Waals surface area contributed by atoms with Gasteiger partial charge in [0.1, 0.15) is 23.0 Å². The Labute approximate surface area is 166 Å². The highest BCUT2D eigenvalue weighted by atomic mass is 32.2. The molecule has 0 bridgehead atoms. The Balaban J connectivity index is 1.66. The van der Waals surface area contributed by atoms with Gasteiger partial charge in [0.05, 0.1) is 5.75 Å². The monoisotopic (exact) mass is 391 g/mol. The molecule has 6 heteroatoms.